The van der Waals surface area contributed by atoms with E-state index in [1.54, 1.807) is 0 Å². The predicted octanol–water partition coefficient (Wildman–Crippen LogP) is -0.506. The summed E-state index contributed by atoms with van der Waals surface area (Å²) in [4.78, 5) is 20.5. The van der Waals surface area contributed by atoms with Crippen molar-refractivity contribution in [2.24, 2.45) is 5.73 Å². The van der Waals surface area contributed by atoms with Gasteiger partial charge in [0.15, 0.2) is 0 Å². The van der Waals surface area contributed by atoms with Crippen LogP contribution in [0.15, 0.2) is 0 Å². The Morgan fingerprint density at radius 3 is 2.67 bits per heavy atom. The number of amides is 1. The van der Waals surface area contributed by atoms with Gasteiger partial charge in [-0.3, -0.25) is 10.5 Å². The third kappa shape index (κ3) is 6.81. The number of ether oxygens (including phenoxy) is 1. The number of nitrogens with one attached hydrogen (secondary N) is 1. The number of carbonyl (C=O) groups excluding carboxylic acids is 1. The minimum atomic E-state index is -0.885. The summed E-state index contributed by atoms with van der Waals surface area (Å²) in [5.41, 5.74) is 4.90. The van der Waals surface area contributed by atoms with Crippen molar-refractivity contribution >= 4 is 12.1 Å². The maximum atomic E-state index is 10.5. The van der Waals surface area contributed by atoms with Gasteiger partial charge in [-0.15, -0.1) is 0 Å². The van der Waals surface area contributed by atoms with Crippen molar-refractivity contribution in [2.45, 2.75) is 12.8 Å². The van der Waals surface area contributed by atoms with Crippen LogP contribution in [0.3, 0.4) is 0 Å². The van der Waals surface area contributed by atoms with Crippen molar-refractivity contribution in [1.82, 2.24) is 5.32 Å². The van der Waals surface area contributed by atoms with Gasteiger partial charge in [0.25, 0.3) is 0 Å². The number of hydrogen-bond donors (Lipinski definition) is 3. The number of rotatable bonds is 5. The zero-order valence-electron chi connectivity index (χ0n) is 6.58. The molecule has 0 aliphatic heterocycles. The molecule has 0 unspecified atom stereocenters. The molecule has 0 spiro atoms. The third-order valence-electron chi connectivity index (χ3n) is 1.05. The normalized spacial score (nSPS) is 9.08. The maximum absolute atomic E-state index is 10.5. The fourth-order valence-corrected chi connectivity index (χ4v) is 0.557. The topological polar surface area (TPSA) is 102 Å². The highest BCUT2D eigenvalue weighted by Crippen LogP contribution is 1.86. The molecule has 0 heterocycles. The van der Waals surface area contributed by atoms with Crippen LogP contribution < -0.4 is 11.1 Å². The van der Waals surface area contributed by atoms with Crippen LogP contribution in [0, 0.1) is 0 Å². The molecule has 0 radical (unpaired) electrons. The van der Waals surface area contributed by atoms with E-state index in [0.717, 1.165) is 0 Å². The lowest BCUT2D eigenvalue weighted by atomic mass is 10.3. The lowest BCUT2D eigenvalue weighted by Crippen LogP contribution is -2.27. The van der Waals surface area contributed by atoms with Gasteiger partial charge in [-0.1, -0.05) is 0 Å². The molecule has 0 aliphatic carbocycles. The summed E-state index contributed by atoms with van der Waals surface area (Å²) in [6.07, 6.45) is -0.208. The van der Waals surface area contributed by atoms with E-state index in [9.17, 15) is 9.59 Å². The lowest BCUT2D eigenvalue weighted by Gasteiger charge is -2.02. The van der Waals surface area contributed by atoms with Crippen molar-refractivity contribution in [3.05, 3.63) is 0 Å². The van der Waals surface area contributed by atoms with Crippen LogP contribution in [0.1, 0.15) is 12.8 Å². The Morgan fingerprint density at radius 1 is 1.50 bits per heavy atom. The zero-order chi connectivity index (χ0) is 9.40. The molecular weight excluding hydrogens is 164 g/mol. The van der Waals surface area contributed by atoms with Crippen LogP contribution in [-0.4, -0.2) is 30.4 Å². The van der Waals surface area contributed by atoms with E-state index >= 15 is 0 Å². The summed E-state index contributed by atoms with van der Waals surface area (Å²) >= 11 is 0. The Kier molecular flexibility index (Phi) is 5.72. The molecule has 0 atom stereocenters. The molecule has 0 saturated heterocycles. The van der Waals surface area contributed by atoms with Gasteiger partial charge in [0, 0.05) is 13.0 Å². The SMILES string of the molecule is NCOC(=O)NCCCC(=O)O. The number of carbonyl (C=O) groups is 2. The molecule has 4 N–H and O–H groups in total. The summed E-state index contributed by atoms with van der Waals surface area (Å²) in [5, 5.41) is 10.6. The van der Waals surface area contributed by atoms with Gasteiger partial charge < -0.3 is 15.2 Å². The molecule has 0 aromatic rings. The quantitative estimate of drug-likeness (QED) is 0.387. The number of aliphatic carboxylic acids is 1. The number of alkyl carbamates (subject to hydrolysis) is 1. The summed E-state index contributed by atoms with van der Waals surface area (Å²) in [6, 6.07) is 0. The van der Waals surface area contributed by atoms with Crippen LogP contribution in [0.2, 0.25) is 0 Å². The first-order valence-electron chi connectivity index (χ1n) is 3.49. The van der Waals surface area contributed by atoms with E-state index in [2.05, 4.69) is 10.1 Å². The molecule has 70 valence electrons. The molecular formula is C6H12N2O4. The molecule has 6 heteroatoms. The van der Waals surface area contributed by atoms with Crippen LogP contribution in [-0.2, 0) is 9.53 Å². The van der Waals surface area contributed by atoms with E-state index in [-0.39, 0.29) is 19.7 Å². The van der Waals surface area contributed by atoms with Gasteiger partial charge in [0.1, 0.15) is 6.73 Å². The molecule has 0 bridgehead atoms. The summed E-state index contributed by atoms with van der Waals surface area (Å²) in [7, 11) is 0. The summed E-state index contributed by atoms with van der Waals surface area (Å²) in [5.74, 6) is -0.885. The van der Waals surface area contributed by atoms with Crippen molar-refractivity contribution in [3.63, 3.8) is 0 Å². The van der Waals surface area contributed by atoms with Gasteiger partial charge in [-0.25, -0.2) is 4.79 Å². The Morgan fingerprint density at radius 2 is 2.17 bits per heavy atom. The maximum Gasteiger partial charge on any atom is 0.408 e. The average Bonchev–Trinajstić information content (AvgIpc) is 1.98. The average molecular weight is 176 g/mol. The van der Waals surface area contributed by atoms with Crippen LogP contribution >= 0.6 is 0 Å². The number of carboxylic acids is 1. The van der Waals surface area contributed by atoms with E-state index < -0.39 is 12.1 Å². The van der Waals surface area contributed by atoms with Gasteiger partial charge in [-0.2, -0.15) is 0 Å². The van der Waals surface area contributed by atoms with Gasteiger partial charge >= 0.3 is 12.1 Å². The standard InChI is InChI=1S/C6H12N2O4/c7-4-12-6(11)8-3-1-2-5(9)10/h1-4,7H2,(H,8,11)(H,9,10). The second-order valence-corrected chi connectivity index (χ2v) is 2.02. The number of hydrogen-bond acceptors (Lipinski definition) is 4. The number of carboxylic acid groups (broad SMARTS) is 1. The highest BCUT2D eigenvalue weighted by Gasteiger charge is 2.00. The fourth-order valence-electron chi connectivity index (χ4n) is 0.557. The molecule has 0 aromatic heterocycles. The smallest absolute Gasteiger partial charge is 0.408 e. The first-order chi connectivity index (χ1) is 5.66. The molecule has 12 heavy (non-hydrogen) atoms. The Balaban J connectivity index is 3.19. The number of nitrogens with two attached hydrogens (primary N) is 1. The zero-order valence-corrected chi connectivity index (χ0v) is 6.58. The minimum absolute atomic E-state index is 0.0307. The molecule has 0 saturated carbocycles. The van der Waals surface area contributed by atoms with E-state index in [0.29, 0.717) is 6.42 Å². The van der Waals surface area contributed by atoms with Crippen LogP contribution in [0.4, 0.5) is 4.79 Å². The lowest BCUT2D eigenvalue weighted by molar-refractivity contribution is -0.137. The van der Waals surface area contributed by atoms with Crippen molar-refractivity contribution in [2.75, 3.05) is 13.3 Å². The Hall–Kier alpha value is -1.30. The predicted molar refractivity (Wildman–Crippen MR) is 40.4 cm³/mol. The fraction of sp³-hybridized carbons (Fsp3) is 0.667. The van der Waals surface area contributed by atoms with Crippen LogP contribution in [0.25, 0.3) is 0 Å². The highest BCUT2D eigenvalue weighted by molar-refractivity contribution is 5.68. The van der Waals surface area contributed by atoms with Crippen LogP contribution in [0.5, 0.6) is 0 Å². The van der Waals surface area contributed by atoms with Gasteiger partial charge in [0.2, 0.25) is 0 Å². The molecule has 6 nitrogen and oxygen atoms in total. The molecule has 1 amide bonds. The van der Waals surface area contributed by atoms with Crippen molar-refractivity contribution in [1.29, 1.82) is 0 Å². The first kappa shape index (κ1) is 10.7. The Labute approximate surface area is 69.7 Å². The van der Waals surface area contributed by atoms with Gasteiger partial charge in [0.05, 0.1) is 0 Å². The second kappa shape index (κ2) is 6.41. The van der Waals surface area contributed by atoms with E-state index in [1.165, 1.54) is 0 Å². The largest absolute Gasteiger partial charge is 0.481 e. The molecule has 0 fully saturated rings. The van der Waals surface area contributed by atoms with Gasteiger partial charge in [-0.05, 0) is 6.42 Å². The first-order valence-corrected chi connectivity index (χ1v) is 3.49. The van der Waals surface area contributed by atoms with E-state index in [4.69, 9.17) is 10.8 Å². The van der Waals surface area contributed by atoms with Crippen molar-refractivity contribution < 1.29 is 19.4 Å². The minimum Gasteiger partial charge on any atom is -0.481 e. The molecule has 0 aromatic carbocycles. The summed E-state index contributed by atoms with van der Waals surface area (Å²) < 4.78 is 4.33. The molecule has 0 rings (SSSR count). The monoisotopic (exact) mass is 176 g/mol. The summed E-state index contributed by atoms with van der Waals surface area (Å²) in [6.45, 7) is 0.107. The molecule has 0 aliphatic rings. The third-order valence-corrected chi connectivity index (χ3v) is 1.05. The Bertz CT molecular complexity index is 160. The second-order valence-electron chi connectivity index (χ2n) is 2.02. The highest BCUT2D eigenvalue weighted by atomic mass is 16.6. The van der Waals surface area contributed by atoms with Crippen molar-refractivity contribution in [3.8, 4) is 0 Å². The van der Waals surface area contributed by atoms with E-state index in [1.807, 2.05) is 0 Å².